The number of rotatable bonds is 1. The van der Waals surface area contributed by atoms with Gasteiger partial charge in [0.25, 0.3) is 5.91 Å². The molecule has 1 aliphatic heterocycles. The van der Waals surface area contributed by atoms with Crippen molar-refractivity contribution in [1.29, 1.82) is 0 Å². The van der Waals surface area contributed by atoms with E-state index in [0.717, 1.165) is 17.0 Å². The van der Waals surface area contributed by atoms with Crippen molar-refractivity contribution in [3.63, 3.8) is 0 Å². The number of halogens is 3. The van der Waals surface area contributed by atoms with Gasteiger partial charge in [-0.2, -0.15) is 13.2 Å². The number of nitrogens with zero attached hydrogens (tertiary/aromatic N) is 2. The van der Waals surface area contributed by atoms with Gasteiger partial charge < -0.3 is 4.90 Å². The van der Waals surface area contributed by atoms with Gasteiger partial charge in [-0.15, -0.1) is 0 Å². The fraction of sp³-hybridized carbons (Fsp3) is 0.333. The Bertz CT molecular complexity index is 522. The maximum absolute atomic E-state index is 12.6. The summed E-state index contributed by atoms with van der Waals surface area (Å²) in [5.41, 5.74) is -0.964. The lowest BCUT2D eigenvalue weighted by Crippen LogP contribution is -2.31. The fourth-order valence-electron chi connectivity index (χ4n) is 1.83. The molecule has 1 atom stereocenters. The lowest BCUT2D eigenvalue weighted by molar-refractivity contribution is -0.137. The normalized spacial score (nSPS) is 20.4. The Labute approximate surface area is 107 Å². The number of alkyl halides is 3. The zero-order valence-corrected chi connectivity index (χ0v) is 10.2. The minimum atomic E-state index is -4.51. The van der Waals surface area contributed by atoms with Crippen LogP contribution in [0.1, 0.15) is 12.5 Å². The number of hydrogen-bond donors (Lipinski definition) is 0. The summed E-state index contributed by atoms with van der Waals surface area (Å²) in [6.45, 7) is 1.52. The number of likely N-dealkylation sites (N-methyl/N-ethyl adjacent to an activating group) is 1. The van der Waals surface area contributed by atoms with Gasteiger partial charge in [0, 0.05) is 7.05 Å². The van der Waals surface area contributed by atoms with Crippen LogP contribution in [0.15, 0.2) is 24.3 Å². The van der Waals surface area contributed by atoms with Gasteiger partial charge in [0.05, 0.1) is 11.3 Å². The van der Waals surface area contributed by atoms with E-state index in [1.807, 2.05) is 0 Å². The average Bonchev–Trinajstić information content (AvgIpc) is 2.53. The highest BCUT2D eigenvalue weighted by Gasteiger charge is 2.42. The summed E-state index contributed by atoms with van der Waals surface area (Å²) >= 11 is 0. The summed E-state index contributed by atoms with van der Waals surface area (Å²) < 4.78 is 37.8. The Balaban J connectivity index is 2.43. The lowest BCUT2D eigenvalue weighted by atomic mass is 10.2. The first-order chi connectivity index (χ1) is 8.73. The molecule has 0 aromatic heterocycles. The molecule has 4 nitrogen and oxygen atoms in total. The van der Waals surface area contributed by atoms with Crippen LogP contribution in [0.3, 0.4) is 0 Å². The monoisotopic (exact) mass is 272 g/mol. The number of benzene rings is 1. The summed E-state index contributed by atoms with van der Waals surface area (Å²) in [4.78, 5) is 25.7. The van der Waals surface area contributed by atoms with Crippen molar-refractivity contribution in [2.75, 3.05) is 11.9 Å². The number of carbonyl (C=O) groups excluding carboxylic acids is 2. The Morgan fingerprint density at radius 1 is 1.21 bits per heavy atom. The first-order valence-electron chi connectivity index (χ1n) is 5.51. The van der Waals surface area contributed by atoms with Gasteiger partial charge in [0.15, 0.2) is 0 Å². The topological polar surface area (TPSA) is 40.6 Å². The number of amides is 3. The van der Waals surface area contributed by atoms with E-state index in [9.17, 15) is 22.8 Å². The largest absolute Gasteiger partial charge is 0.416 e. The molecule has 1 heterocycles. The fourth-order valence-corrected chi connectivity index (χ4v) is 1.83. The highest BCUT2D eigenvalue weighted by molar-refractivity contribution is 6.21. The summed E-state index contributed by atoms with van der Waals surface area (Å²) in [6, 6.07) is 2.85. The van der Waals surface area contributed by atoms with Crippen molar-refractivity contribution >= 4 is 17.6 Å². The Kier molecular flexibility index (Phi) is 3.00. The van der Waals surface area contributed by atoms with Crippen molar-refractivity contribution in [3.8, 4) is 0 Å². The smallest absolute Gasteiger partial charge is 0.315 e. The molecule has 0 spiro atoms. The van der Waals surface area contributed by atoms with Gasteiger partial charge in [-0.05, 0) is 25.1 Å². The van der Waals surface area contributed by atoms with E-state index in [0.29, 0.717) is 0 Å². The zero-order chi connectivity index (χ0) is 14.4. The second-order valence-corrected chi connectivity index (χ2v) is 4.29. The Hall–Kier alpha value is -2.05. The Morgan fingerprint density at radius 2 is 1.84 bits per heavy atom. The summed E-state index contributed by atoms with van der Waals surface area (Å²) in [6.07, 6.45) is -4.51. The summed E-state index contributed by atoms with van der Waals surface area (Å²) in [5, 5.41) is 0. The van der Waals surface area contributed by atoms with Crippen LogP contribution in [0.25, 0.3) is 0 Å². The third-order valence-electron chi connectivity index (χ3n) is 3.08. The van der Waals surface area contributed by atoms with Crippen molar-refractivity contribution in [2.24, 2.45) is 0 Å². The molecule has 7 heteroatoms. The molecule has 2 rings (SSSR count). The number of urea groups is 1. The van der Waals surface area contributed by atoms with Crippen LogP contribution in [-0.4, -0.2) is 29.9 Å². The quantitative estimate of drug-likeness (QED) is 0.737. The second kappa shape index (κ2) is 4.25. The Morgan fingerprint density at radius 3 is 2.32 bits per heavy atom. The van der Waals surface area contributed by atoms with Crippen molar-refractivity contribution < 1.29 is 22.8 Å². The number of anilines is 1. The van der Waals surface area contributed by atoms with Crippen molar-refractivity contribution in [3.05, 3.63) is 29.8 Å². The SMILES string of the molecule is CC1C(=O)N(c2cccc(C(F)(F)F)c2)C(=O)N1C. The molecular weight excluding hydrogens is 261 g/mol. The van der Waals surface area contributed by atoms with Gasteiger partial charge in [0.1, 0.15) is 6.04 Å². The highest BCUT2D eigenvalue weighted by Crippen LogP contribution is 2.33. The molecule has 1 aromatic rings. The van der Waals surface area contributed by atoms with Gasteiger partial charge in [0.2, 0.25) is 0 Å². The maximum atomic E-state index is 12.6. The van der Waals surface area contributed by atoms with E-state index >= 15 is 0 Å². The number of carbonyl (C=O) groups is 2. The third-order valence-corrected chi connectivity index (χ3v) is 3.08. The molecule has 1 unspecified atom stereocenters. The van der Waals surface area contributed by atoms with Crippen LogP contribution in [0.2, 0.25) is 0 Å². The molecule has 3 amide bonds. The molecule has 19 heavy (non-hydrogen) atoms. The maximum Gasteiger partial charge on any atom is 0.416 e. The molecule has 1 saturated heterocycles. The highest BCUT2D eigenvalue weighted by atomic mass is 19.4. The van der Waals surface area contributed by atoms with E-state index in [1.165, 1.54) is 31.0 Å². The van der Waals surface area contributed by atoms with Crippen molar-refractivity contribution in [1.82, 2.24) is 4.90 Å². The van der Waals surface area contributed by atoms with Gasteiger partial charge in [-0.1, -0.05) is 6.07 Å². The van der Waals surface area contributed by atoms with Crippen molar-refractivity contribution in [2.45, 2.75) is 19.1 Å². The van der Waals surface area contributed by atoms with Crippen LogP contribution in [0.4, 0.5) is 23.7 Å². The molecule has 0 aliphatic carbocycles. The van der Waals surface area contributed by atoms with Crippen LogP contribution >= 0.6 is 0 Å². The van der Waals surface area contributed by atoms with Gasteiger partial charge in [-0.3, -0.25) is 4.79 Å². The molecule has 102 valence electrons. The summed E-state index contributed by atoms with van der Waals surface area (Å²) in [7, 11) is 1.43. The molecule has 0 bridgehead atoms. The molecule has 1 aromatic carbocycles. The zero-order valence-electron chi connectivity index (χ0n) is 10.2. The number of hydrogen-bond acceptors (Lipinski definition) is 2. The van der Waals surface area contributed by atoms with Gasteiger partial charge in [-0.25, -0.2) is 9.69 Å². The van der Waals surface area contributed by atoms with Crippen LogP contribution < -0.4 is 4.90 Å². The number of imide groups is 1. The van der Waals surface area contributed by atoms with E-state index in [1.54, 1.807) is 0 Å². The molecule has 0 N–H and O–H groups in total. The minimum absolute atomic E-state index is 0.0685. The predicted molar refractivity (Wildman–Crippen MR) is 61.6 cm³/mol. The average molecular weight is 272 g/mol. The predicted octanol–water partition coefficient (Wildman–Crippen LogP) is 2.49. The lowest BCUT2D eigenvalue weighted by Gasteiger charge is -2.15. The van der Waals surface area contributed by atoms with Crippen LogP contribution in [0.5, 0.6) is 0 Å². The van der Waals surface area contributed by atoms with E-state index in [4.69, 9.17) is 0 Å². The van der Waals surface area contributed by atoms with Gasteiger partial charge >= 0.3 is 12.2 Å². The molecule has 0 saturated carbocycles. The first-order valence-corrected chi connectivity index (χ1v) is 5.51. The van der Waals surface area contributed by atoms with Crippen LogP contribution in [0, 0.1) is 0 Å². The standard InChI is InChI=1S/C12H11F3N2O2/c1-7-10(18)17(11(19)16(7)2)9-5-3-4-8(6-9)12(13,14)15/h3-7H,1-2H3. The molecule has 1 aliphatic rings. The minimum Gasteiger partial charge on any atom is -0.315 e. The van der Waals surface area contributed by atoms with E-state index < -0.39 is 29.7 Å². The molecular formula is C12H11F3N2O2. The van der Waals surface area contributed by atoms with E-state index in [2.05, 4.69) is 0 Å². The molecule has 1 fully saturated rings. The van der Waals surface area contributed by atoms with Crippen LogP contribution in [-0.2, 0) is 11.0 Å². The van der Waals surface area contributed by atoms with E-state index in [-0.39, 0.29) is 5.69 Å². The first kappa shape index (κ1) is 13.4. The molecule has 0 radical (unpaired) electrons. The second-order valence-electron chi connectivity index (χ2n) is 4.29. The third kappa shape index (κ3) is 2.16. The summed E-state index contributed by atoms with van der Waals surface area (Å²) in [5.74, 6) is -0.535.